The molecule has 0 saturated heterocycles. The average Bonchev–Trinajstić information content (AvgIpc) is 2.30. The van der Waals surface area contributed by atoms with Gasteiger partial charge in [-0.15, -0.1) is 0 Å². The molecule has 5 heteroatoms. The van der Waals surface area contributed by atoms with Crippen molar-refractivity contribution in [2.24, 2.45) is 0 Å². The minimum atomic E-state index is -0.405. The van der Waals surface area contributed by atoms with Crippen LogP contribution in [0.3, 0.4) is 0 Å². The highest BCUT2D eigenvalue weighted by molar-refractivity contribution is 5.39. The van der Waals surface area contributed by atoms with Crippen LogP contribution in [0, 0.1) is 17.0 Å². The maximum absolute atomic E-state index is 10.4. The molecule has 1 N–H and O–H groups in total. The summed E-state index contributed by atoms with van der Waals surface area (Å²) in [7, 11) is 0. The van der Waals surface area contributed by atoms with Crippen molar-refractivity contribution in [2.75, 3.05) is 0 Å². The van der Waals surface area contributed by atoms with Gasteiger partial charge in [0.25, 0.3) is 0 Å². The number of nitrogens with one attached hydrogen (secondary N) is 1. The zero-order valence-electron chi connectivity index (χ0n) is 6.42. The Morgan fingerprint density at radius 3 is 2.73 bits per heavy atom. The Labute approximate surface area is 63.6 Å². The van der Waals surface area contributed by atoms with Crippen LogP contribution >= 0.6 is 0 Å². The first-order valence-corrected chi connectivity index (χ1v) is 3.35. The van der Waals surface area contributed by atoms with E-state index in [1.54, 1.807) is 6.92 Å². The molecule has 0 atom stereocenters. The second-order valence-corrected chi connectivity index (χ2v) is 2.25. The molecule has 1 aromatic rings. The first-order valence-electron chi connectivity index (χ1n) is 3.35. The Morgan fingerprint density at radius 1 is 1.73 bits per heavy atom. The molecule has 1 rings (SSSR count). The molecule has 0 aliphatic rings. The predicted molar refractivity (Wildman–Crippen MR) is 39.4 cm³/mol. The highest BCUT2D eigenvalue weighted by atomic mass is 16.6. The van der Waals surface area contributed by atoms with E-state index in [4.69, 9.17) is 0 Å². The molecule has 5 nitrogen and oxygen atoms in total. The topological polar surface area (TPSA) is 71.8 Å². The molecule has 0 aliphatic carbocycles. The molecular weight excluding hydrogens is 146 g/mol. The van der Waals surface area contributed by atoms with Gasteiger partial charge in [0.15, 0.2) is 0 Å². The molecule has 0 unspecified atom stereocenters. The van der Waals surface area contributed by atoms with Crippen molar-refractivity contribution < 1.29 is 4.92 Å². The fourth-order valence-electron chi connectivity index (χ4n) is 0.962. The van der Waals surface area contributed by atoms with Gasteiger partial charge in [-0.25, -0.2) is 0 Å². The zero-order valence-corrected chi connectivity index (χ0v) is 6.42. The molecule has 11 heavy (non-hydrogen) atoms. The molecule has 0 aromatic carbocycles. The van der Waals surface area contributed by atoms with Crippen LogP contribution in [0.4, 0.5) is 5.69 Å². The second kappa shape index (κ2) is 2.69. The lowest BCUT2D eigenvalue weighted by Crippen LogP contribution is -1.92. The lowest BCUT2D eigenvalue weighted by Gasteiger charge is -1.88. The summed E-state index contributed by atoms with van der Waals surface area (Å²) < 4.78 is 0. The maximum atomic E-state index is 10.4. The molecule has 60 valence electrons. The quantitative estimate of drug-likeness (QED) is 0.515. The number of hydrogen-bond acceptors (Lipinski definition) is 3. The summed E-state index contributed by atoms with van der Waals surface area (Å²) >= 11 is 0. The third-order valence-corrected chi connectivity index (χ3v) is 1.50. The Bertz CT molecular complexity index is 279. The number of H-pyrrole nitrogens is 1. The van der Waals surface area contributed by atoms with E-state index in [1.165, 1.54) is 0 Å². The van der Waals surface area contributed by atoms with Crippen molar-refractivity contribution in [3.8, 4) is 0 Å². The first-order chi connectivity index (χ1) is 5.16. The van der Waals surface area contributed by atoms with Gasteiger partial charge in [-0.05, 0) is 13.3 Å². The predicted octanol–water partition coefficient (Wildman–Crippen LogP) is 1.19. The summed E-state index contributed by atoms with van der Waals surface area (Å²) in [6, 6.07) is 0. The van der Waals surface area contributed by atoms with Gasteiger partial charge in [0.05, 0.1) is 4.92 Å². The SMILES string of the molecule is CCc1n[nH]c(C)c1[N+](=O)[O-]. The van der Waals surface area contributed by atoms with Crippen LogP contribution in [0.2, 0.25) is 0 Å². The van der Waals surface area contributed by atoms with Gasteiger partial charge >= 0.3 is 5.69 Å². The van der Waals surface area contributed by atoms with Crippen LogP contribution in [-0.2, 0) is 6.42 Å². The van der Waals surface area contributed by atoms with Gasteiger partial charge in [-0.1, -0.05) is 6.92 Å². The van der Waals surface area contributed by atoms with Crippen LogP contribution in [0.1, 0.15) is 18.3 Å². The Kier molecular flexibility index (Phi) is 1.89. The molecule has 0 amide bonds. The molecule has 1 aromatic heterocycles. The summed E-state index contributed by atoms with van der Waals surface area (Å²) in [5.41, 5.74) is 1.16. The van der Waals surface area contributed by atoms with Gasteiger partial charge in [0.1, 0.15) is 11.4 Å². The normalized spacial score (nSPS) is 10.0. The van der Waals surface area contributed by atoms with E-state index >= 15 is 0 Å². The lowest BCUT2D eigenvalue weighted by molar-refractivity contribution is -0.386. The molecule has 0 bridgehead atoms. The monoisotopic (exact) mass is 155 g/mol. The molecule has 0 aliphatic heterocycles. The fourth-order valence-corrected chi connectivity index (χ4v) is 0.962. The van der Waals surface area contributed by atoms with Gasteiger partial charge in [0.2, 0.25) is 0 Å². The summed E-state index contributed by atoms with van der Waals surface area (Å²) in [5.74, 6) is 0. The second-order valence-electron chi connectivity index (χ2n) is 2.25. The molecule has 0 fully saturated rings. The number of rotatable bonds is 2. The Hall–Kier alpha value is -1.39. The third-order valence-electron chi connectivity index (χ3n) is 1.50. The smallest absolute Gasteiger partial charge is 0.275 e. The Morgan fingerprint density at radius 2 is 2.36 bits per heavy atom. The molecule has 0 spiro atoms. The van der Waals surface area contributed by atoms with Crippen molar-refractivity contribution in [3.63, 3.8) is 0 Å². The minimum Gasteiger partial charge on any atom is -0.275 e. The van der Waals surface area contributed by atoms with Gasteiger partial charge in [0, 0.05) is 0 Å². The molecular formula is C6H9N3O2. The van der Waals surface area contributed by atoms with Crippen LogP contribution in [0.25, 0.3) is 0 Å². The van der Waals surface area contributed by atoms with Crippen molar-refractivity contribution >= 4 is 5.69 Å². The van der Waals surface area contributed by atoms with Crippen LogP contribution in [-0.4, -0.2) is 15.1 Å². The fraction of sp³-hybridized carbons (Fsp3) is 0.500. The average molecular weight is 155 g/mol. The zero-order chi connectivity index (χ0) is 8.43. The van der Waals surface area contributed by atoms with Crippen molar-refractivity contribution in [1.29, 1.82) is 0 Å². The van der Waals surface area contributed by atoms with Crippen molar-refractivity contribution in [1.82, 2.24) is 10.2 Å². The van der Waals surface area contributed by atoms with Crippen LogP contribution in [0.5, 0.6) is 0 Å². The van der Waals surface area contributed by atoms with E-state index in [9.17, 15) is 10.1 Å². The standard InChI is InChI=1S/C6H9N3O2/c1-3-5-6(9(10)11)4(2)7-8-5/h3H2,1-2H3,(H,7,8). The van der Waals surface area contributed by atoms with E-state index in [0.717, 1.165) is 0 Å². The summed E-state index contributed by atoms with van der Waals surface area (Å²) in [6.45, 7) is 3.48. The molecule has 1 heterocycles. The summed E-state index contributed by atoms with van der Waals surface area (Å²) in [6.07, 6.45) is 0.584. The number of nitro groups is 1. The number of nitrogens with zero attached hydrogens (tertiary/aromatic N) is 2. The highest BCUT2D eigenvalue weighted by Gasteiger charge is 2.18. The third kappa shape index (κ3) is 1.21. The van der Waals surface area contributed by atoms with E-state index in [-0.39, 0.29) is 5.69 Å². The van der Waals surface area contributed by atoms with Crippen LogP contribution in [0.15, 0.2) is 0 Å². The van der Waals surface area contributed by atoms with Gasteiger partial charge < -0.3 is 0 Å². The minimum absolute atomic E-state index is 0.118. The summed E-state index contributed by atoms with van der Waals surface area (Å²) in [5, 5.41) is 16.8. The number of aromatic nitrogens is 2. The molecule has 0 radical (unpaired) electrons. The van der Waals surface area contributed by atoms with E-state index < -0.39 is 4.92 Å². The van der Waals surface area contributed by atoms with Gasteiger partial charge in [-0.2, -0.15) is 5.10 Å². The van der Waals surface area contributed by atoms with E-state index in [0.29, 0.717) is 17.8 Å². The largest absolute Gasteiger partial charge is 0.312 e. The number of hydrogen-bond donors (Lipinski definition) is 1. The van der Waals surface area contributed by atoms with Crippen molar-refractivity contribution in [2.45, 2.75) is 20.3 Å². The van der Waals surface area contributed by atoms with Crippen LogP contribution < -0.4 is 0 Å². The number of aromatic amines is 1. The lowest BCUT2D eigenvalue weighted by atomic mass is 10.2. The maximum Gasteiger partial charge on any atom is 0.312 e. The van der Waals surface area contributed by atoms with E-state index in [2.05, 4.69) is 10.2 Å². The molecule has 0 saturated carbocycles. The number of aryl methyl sites for hydroxylation is 2. The van der Waals surface area contributed by atoms with Crippen molar-refractivity contribution in [3.05, 3.63) is 21.5 Å². The van der Waals surface area contributed by atoms with Gasteiger partial charge in [-0.3, -0.25) is 15.2 Å². The van der Waals surface area contributed by atoms with E-state index in [1.807, 2.05) is 6.92 Å². The first kappa shape index (κ1) is 7.71. The Balaban J connectivity index is 3.17. The summed E-state index contributed by atoms with van der Waals surface area (Å²) in [4.78, 5) is 10.0. The highest BCUT2D eigenvalue weighted by Crippen LogP contribution is 2.19.